The molecule has 3 aliphatic rings. The summed E-state index contributed by atoms with van der Waals surface area (Å²) in [5, 5.41) is 21.1. The van der Waals surface area contributed by atoms with Crippen LogP contribution in [-0.2, 0) is 33.3 Å². The number of benzene rings is 4. The molecular weight excluding hydrogens is 911 g/mol. The fourth-order valence-corrected chi connectivity index (χ4v) is 7.55. The van der Waals surface area contributed by atoms with E-state index in [2.05, 4.69) is 24.6 Å². The summed E-state index contributed by atoms with van der Waals surface area (Å²) in [6, 6.07) is 22.9. The van der Waals surface area contributed by atoms with E-state index >= 15 is 0 Å². The summed E-state index contributed by atoms with van der Waals surface area (Å²) in [5.74, 6) is -2.42. The number of amidine groups is 2. The maximum atomic E-state index is 13.1. The number of carbonyl (C=O) groups excluding carboxylic acids is 5. The van der Waals surface area contributed by atoms with Crippen molar-refractivity contribution in [1.82, 2.24) is 20.4 Å². The monoisotopic (exact) mass is 960 g/mol. The summed E-state index contributed by atoms with van der Waals surface area (Å²) in [4.78, 5) is 67.9. The number of amides is 4. The van der Waals surface area contributed by atoms with Crippen LogP contribution in [0, 0.1) is 22.5 Å². The third kappa shape index (κ3) is 14.4. The molecule has 7 rings (SSSR count). The van der Waals surface area contributed by atoms with Gasteiger partial charge < -0.3 is 29.7 Å². The van der Waals surface area contributed by atoms with Crippen molar-refractivity contribution in [2.45, 2.75) is 25.6 Å². The molecule has 0 saturated carbocycles. The number of nitrogens with one attached hydrogen (secondary N) is 4. The highest BCUT2D eigenvalue weighted by molar-refractivity contribution is 7.86. The molecule has 0 aromatic heterocycles. The maximum Gasteiger partial charge on any atom is 0.414 e. The van der Waals surface area contributed by atoms with Crippen LogP contribution in [0.4, 0.5) is 29.7 Å². The molecule has 4 amide bonds. The molecule has 68 heavy (non-hydrogen) atoms. The number of carbonyl (C=O) groups is 5. The number of cyclic esters (lactones) is 2. The molecule has 3 fully saturated rings. The Hall–Kier alpha value is -7.14. The Bertz CT molecular complexity index is 2580. The molecule has 4 aromatic rings. The zero-order chi connectivity index (χ0) is 49.0. The van der Waals surface area contributed by atoms with Crippen LogP contribution in [0.5, 0.6) is 0 Å². The van der Waals surface area contributed by atoms with Gasteiger partial charge in [0.1, 0.15) is 42.1 Å². The number of hydrogen-bond acceptors (Lipinski definition) is 15. The highest BCUT2D eigenvalue weighted by atomic mass is 32.2. The molecule has 2 unspecified atom stereocenters. The van der Waals surface area contributed by atoms with Gasteiger partial charge in [0, 0.05) is 72.9 Å². The molecule has 0 spiro atoms. The van der Waals surface area contributed by atoms with E-state index in [0.29, 0.717) is 55.2 Å². The minimum atomic E-state index is -3.65. The lowest BCUT2D eigenvalue weighted by Gasteiger charge is -2.35. The summed E-state index contributed by atoms with van der Waals surface area (Å²) in [6.45, 7) is 7.10. The predicted molar refractivity (Wildman–Crippen MR) is 244 cm³/mol. The summed E-state index contributed by atoms with van der Waals surface area (Å²) in [7, 11) is -3.65. The number of ether oxygens (including phenoxy) is 3. The van der Waals surface area contributed by atoms with Crippen LogP contribution in [0.3, 0.4) is 0 Å². The lowest BCUT2D eigenvalue weighted by atomic mass is 10.1. The normalized spacial score (nSPS) is 17.4. The second-order valence-electron chi connectivity index (χ2n) is 15.7. The fourth-order valence-electron chi connectivity index (χ4n) is 7.15. The van der Waals surface area contributed by atoms with Crippen molar-refractivity contribution in [3.8, 4) is 0 Å². The first kappa shape index (κ1) is 50.3. The van der Waals surface area contributed by atoms with Crippen LogP contribution in [-0.4, -0.2) is 144 Å². The summed E-state index contributed by atoms with van der Waals surface area (Å²) >= 11 is 0. The van der Waals surface area contributed by atoms with E-state index in [4.69, 9.17) is 25.0 Å². The van der Waals surface area contributed by atoms with Crippen molar-refractivity contribution >= 4 is 63.1 Å². The maximum absolute atomic E-state index is 13.1. The number of esters is 1. The Labute approximate surface area is 391 Å². The van der Waals surface area contributed by atoms with Crippen molar-refractivity contribution in [3.63, 3.8) is 0 Å². The van der Waals surface area contributed by atoms with Crippen LogP contribution < -0.4 is 20.4 Å². The number of halogens is 2. The van der Waals surface area contributed by atoms with Gasteiger partial charge in [-0.25, -0.2) is 18.4 Å². The number of nitrogens with zero attached hydrogens (tertiary/aromatic N) is 4. The highest BCUT2D eigenvalue weighted by Gasteiger charge is 2.35. The molecule has 0 bridgehead atoms. The Kier molecular flexibility index (Phi) is 17.0. The molecule has 360 valence electrons. The van der Waals surface area contributed by atoms with Crippen molar-refractivity contribution in [2.75, 3.05) is 81.6 Å². The van der Waals surface area contributed by atoms with Crippen LogP contribution in [0.15, 0.2) is 97.1 Å². The number of rotatable bonds is 15. The van der Waals surface area contributed by atoms with Crippen LogP contribution in [0.25, 0.3) is 0 Å². The van der Waals surface area contributed by atoms with Crippen molar-refractivity contribution < 1.29 is 59.6 Å². The van der Waals surface area contributed by atoms with E-state index in [1.807, 2.05) is 0 Å². The number of hydrogen-bond donors (Lipinski definition) is 4. The summed E-state index contributed by atoms with van der Waals surface area (Å²) in [6.07, 6.45) is -0.770. The Morgan fingerprint density at radius 1 is 0.662 bits per heavy atom. The van der Waals surface area contributed by atoms with Crippen LogP contribution in [0.2, 0.25) is 0 Å². The molecular formula is C46H50F2N8O11S. The van der Waals surface area contributed by atoms with Crippen molar-refractivity contribution in [2.24, 2.45) is 0 Å². The number of piperazine rings is 1. The third-order valence-corrected chi connectivity index (χ3v) is 11.3. The Morgan fingerprint density at radius 2 is 1.07 bits per heavy atom. The average molecular weight is 961 g/mol. The van der Waals surface area contributed by atoms with Gasteiger partial charge in [0.25, 0.3) is 21.9 Å². The average Bonchev–Trinajstić information content (AvgIpc) is 3.89. The largest absolute Gasteiger partial charge is 0.466 e. The van der Waals surface area contributed by atoms with Crippen molar-refractivity contribution in [1.29, 1.82) is 10.8 Å². The number of anilines is 2. The van der Waals surface area contributed by atoms with Gasteiger partial charge in [-0.05, 0) is 104 Å². The molecule has 2 atom stereocenters. The van der Waals surface area contributed by atoms with Crippen LogP contribution in [0.1, 0.15) is 45.2 Å². The molecule has 22 heteroatoms. The fraction of sp³-hybridized carbons (Fsp3) is 0.326. The zero-order valence-electron chi connectivity index (χ0n) is 37.1. The zero-order valence-corrected chi connectivity index (χ0v) is 37.9. The van der Waals surface area contributed by atoms with Gasteiger partial charge >= 0.3 is 18.2 Å². The predicted octanol–water partition coefficient (Wildman–Crippen LogP) is 4.36. The van der Waals surface area contributed by atoms with E-state index in [9.17, 15) is 41.2 Å². The first-order valence-corrected chi connectivity index (χ1v) is 23.2. The molecule has 4 N–H and O–H groups in total. The van der Waals surface area contributed by atoms with Gasteiger partial charge in [-0.15, -0.1) is 0 Å². The highest BCUT2D eigenvalue weighted by Crippen LogP contribution is 2.24. The van der Waals surface area contributed by atoms with E-state index < -0.39 is 51.9 Å². The third-order valence-electron chi connectivity index (χ3n) is 10.7. The Balaban J connectivity index is 0.000000230. The molecule has 3 heterocycles. The van der Waals surface area contributed by atoms with Gasteiger partial charge in [-0.3, -0.25) is 44.1 Å². The van der Waals surface area contributed by atoms with E-state index in [1.54, 1.807) is 48.2 Å². The minimum Gasteiger partial charge on any atom is -0.466 e. The second kappa shape index (κ2) is 23.0. The van der Waals surface area contributed by atoms with Gasteiger partial charge in [-0.2, -0.15) is 8.42 Å². The quantitative estimate of drug-likeness (QED) is 0.0427. The van der Waals surface area contributed by atoms with Crippen molar-refractivity contribution in [3.05, 3.63) is 131 Å². The molecule has 0 aliphatic carbocycles. The second-order valence-corrected chi connectivity index (χ2v) is 17.3. The van der Waals surface area contributed by atoms with Gasteiger partial charge in [-0.1, -0.05) is 0 Å². The smallest absolute Gasteiger partial charge is 0.414 e. The van der Waals surface area contributed by atoms with Gasteiger partial charge in [0.2, 0.25) is 0 Å². The first-order valence-electron chi connectivity index (χ1n) is 21.4. The van der Waals surface area contributed by atoms with Gasteiger partial charge in [0.15, 0.2) is 0 Å². The van der Waals surface area contributed by atoms with Crippen LogP contribution >= 0.6 is 0 Å². The summed E-state index contributed by atoms with van der Waals surface area (Å²) in [5.41, 5.74) is 2.43. The lowest BCUT2D eigenvalue weighted by molar-refractivity contribution is -0.143. The SMILES string of the molecule is CCOC(=O)CCN1CCN(CC2CN(c3ccc(C(=N)NC(=O)c4ccc(F)cc4)cc3)C(=O)O2)CC1.CS(=O)(=O)OCC1CN(c2ccc(C(=N)NC(=O)c3ccc(F)cc3)cc2)C(=O)O1. The molecule has 4 aromatic carbocycles. The lowest BCUT2D eigenvalue weighted by Crippen LogP contribution is -2.49. The first-order chi connectivity index (χ1) is 32.4. The van der Waals surface area contributed by atoms with Gasteiger partial charge in [0.05, 0.1) is 32.4 Å². The topological polar surface area (TPSA) is 241 Å². The molecule has 19 nitrogen and oxygen atoms in total. The molecule has 3 saturated heterocycles. The Morgan fingerprint density at radius 3 is 1.51 bits per heavy atom. The van der Waals surface area contributed by atoms with E-state index in [1.165, 1.54) is 53.4 Å². The van der Waals surface area contributed by atoms with E-state index in [-0.39, 0.29) is 48.0 Å². The molecule has 3 aliphatic heterocycles. The van der Waals surface area contributed by atoms with E-state index in [0.717, 1.165) is 44.6 Å². The summed E-state index contributed by atoms with van der Waals surface area (Å²) < 4.78 is 68.5. The molecule has 0 radical (unpaired) electrons. The minimum absolute atomic E-state index is 0.103. The standard InChI is InChI=1S/C27H32FN5O5.C19H18FN3O6S/c1-2-37-24(34)11-12-31-13-15-32(16-14-31)17-23-18-33(27(36)38-23)22-9-5-19(6-10-22)25(29)30-26(35)20-3-7-21(28)8-4-20;1-30(26,27)28-11-16-10-23(19(25)29-16)15-8-4-12(5-9-15)17(21)22-18(24)13-2-6-14(20)7-3-13/h3-10,23H,2,11-18H2,1H3,(H2,29,30,35);2-9,16H,10-11H2,1H3,(H2,21,22,24).